The highest BCUT2D eigenvalue weighted by Crippen LogP contribution is 2.14. The summed E-state index contributed by atoms with van der Waals surface area (Å²) in [5, 5.41) is 2.62. The molecule has 1 N–H and O–H groups in total. The lowest BCUT2D eigenvalue weighted by Gasteiger charge is -2.06. The lowest BCUT2D eigenvalue weighted by molar-refractivity contribution is 0.102. The van der Waals surface area contributed by atoms with E-state index in [1.807, 2.05) is 6.07 Å². The first-order valence-electron chi connectivity index (χ1n) is 7.40. The van der Waals surface area contributed by atoms with Crippen LogP contribution in [0.3, 0.4) is 0 Å². The number of carbonyl (C=O) groups is 2. The lowest BCUT2D eigenvalue weighted by Crippen LogP contribution is -2.12. The fourth-order valence-corrected chi connectivity index (χ4v) is 2.30. The van der Waals surface area contributed by atoms with Gasteiger partial charge in [0.2, 0.25) is 0 Å². The molecule has 3 rings (SSSR count). The molecule has 0 saturated heterocycles. The third-order valence-electron chi connectivity index (χ3n) is 3.53. The Labute approximate surface area is 138 Å². The topological polar surface area (TPSA) is 46.2 Å². The van der Waals surface area contributed by atoms with Gasteiger partial charge in [0.25, 0.3) is 5.91 Å². The van der Waals surface area contributed by atoms with Crippen molar-refractivity contribution in [1.29, 1.82) is 0 Å². The van der Waals surface area contributed by atoms with E-state index in [-0.39, 0.29) is 11.7 Å². The van der Waals surface area contributed by atoms with Crippen molar-refractivity contribution in [2.24, 2.45) is 0 Å². The molecule has 3 aromatic carbocycles. The number of nitrogens with one attached hydrogen (secondary N) is 1. The van der Waals surface area contributed by atoms with E-state index < -0.39 is 5.82 Å². The molecule has 3 aromatic rings. The number of halogens is 1. The molecule has 0 bridgehead atoms. The molecule has 1 amide bonds. The Balaban J connectivity index is 1.74. The Hall–Kier alpha value is -3.27. The minimum absolute atomic E-state index is 0.104. The molecule has 0 atom stereocenters. The summed E-state index contributed by atoms with van der Waals surface area (Å²) in [5.74, 6) is -0.886. The highest BCUT2D eigenvalue weighted by Gasteiger charge is 2.11. The molecule has 0 fully saturated rings. The monoisotopic (exact) mass is 319 g/mol. The van der Waals surface area contributed by atoms with Crippen molar-refractivity contribution < 1.29 is 14.0 Å². The van der Waals surface area contributed by atoms with Crippen molar-refractivity contribution in [3.63, 3.8) is 0 Å². The molecular formula is C20H14FNO2. The molecule has 0 spiro atoms. The summed E-state index contributed by atoms with van der Waals surface area (Å²) in [6.45, 7) is 0. The highest BCUT2D eigenvalue weighted by molar-refractivity contribution is 6.10. The van der Waals surface area contributed by atoms with E-state index in [1.54, 1.807) is 54.6 Å². The number of hydrogen-bond acceptors (Lipinski definition) is 2. The van der Waals surface area contributed by atoms with Crippen LogP contribution < -0.4 is 5.32 Å². The zero-order valence-electron chi connectivity index (χ0n) is 12.7. The summed E-state index contributed by atoms with van der Waals surface area (Å²) in [5.41, 5.74) is 1.87. The Morgan fingerprint density at radius 3 is 2.00 bits per heavy atom. The van der Waals surface area contributed by atoms with E-state index >= 15 is 0 Å². The zero-order chi connectivity index (χ0) is 16.9. The van der Waals surface area contributed by atoms with Crippen LogP contribution in [0.1, 0.15) is 26.3 Å². The lowest BCUT2D eigenvalue weighted by atomic mass is 10.0. The standard InChI is InChI=1S/C20H14FNO2/c21-17-7-4-8-18(13-17)22-20(24)16-11-9-15(10-12-16)19(23)14-5-2-1-3-6-14/h1-13H,(H,22,24). The van der Waals surface area contributed by atoms with Gasteiger partial charge in [-0.1, -0.05) is 48.5 Å². The first-order chi connectivity index (χ1) is 11.6. The van der Waals surface area contributed by atoms with Gasteiger partial charge in [-0.05, 0) is 30.3 Å². The van der Waals surface area contributed by atoms with Crippen LogP contribution in [-0.4, -0.2) is 11.7 Å². The maximum Gasteiger partial charge on any atom is 0.255 e. The van der Waals surface area contributed by atoms with Crippen molar-refractivity contribution in [2.45, 2.75) is 0 Å². The summed E-state index contributed by atoms with van der Waals surface area (Å²) in [6.07, 6.45) is 0. The first-order valence-corrected chi connectivity index (χ1v) is 7.40. The van der Waals surface area contributed by atoms with Gasteiger partial charge in [-0.2, -0.15) is 0 Å². The smallest absolute Gasteiger partial charge is 0.255 e. The molecular weight excluding hydrogens is 305 g/mol. The van der Waals surface area contributed by atoms with Crippen molar-refractivity contribution in [3.05, 3.63) is 101 Å². The normalized spacial score (nSPS) is 10.2. The molecule has 0 radical (unpaired) electrons. The van der Waals surface area contributed by atoms with E-state index in [2.05, 4.69) is 5.32 Å². The van der Waals surface area contributed by atoms with Crippen molar-refractivity contribution in [2.75, 3.05) is 5.32 Å². The van der Waals surface area contributed by atoms with Gasteiger partial charge in [0.05, 0.1) is 0 Å². The van der Waals surface area contributed by atoms with E-state index in [4.69, 9.17) is 0 Å². The van der Waals surface area contributed by atoms with Crippen LogP contribution in [0.5, 0.6) is 0 Å². The average molecular weight is 319 g/mol. The number of amides is 1. The molecule has 3 nitrogen and oxygen atoms in total. The molecule has 0 unspecified atom stereocenters. The van der Waals surface area contributed by atoms with Gasteiger partial charge in [0.15, 0.2) is 5.78 Å². The third-order valence-corrected chi connectivity index (χ3v) is 3.53. The number of carbonyl (C=O) groups excluding carboxylic acids is 2. The zero-order valence-corrected chi connectivity index (χ0v) is 12.7. The predicted molar refractivity (Wildman–Crippen MR) is 90.7 cm³/mol. The van der Waals surface area contributed by atoms with E-state index in [1.165, 1.54) is 18.2 Å². The van der Waals surface area contributed by atoms with Crippen LogP contribution in [0.2, 0.25) is 0 Å². The van der Waals surface area contributed by atoms with Crippen LogP contribution in [-0.2, 0) is 0 Å². The van der Waals surface area contributed by atoms with Gasteiger partial charge in [-0.15, -0.1) is 0 Å². The minimum atomic E-state index is -0.420. The quantitative estimate of drug-likeness (QED) is 0.728. The molecule has 0 heterocycles. The summed E-state index contributed by atoms with van der Waals surface area (Å²) in [4.78, 5) is 24.5. The van der Waals surface area contributed by atoms with Crippen molar-refractivity contribution >= 4 is 17.4 Å². The Kier molecular flexibility index (Phi) is 4.47. The fraction of sp³-hybridized carbons (Fsp3) is 0. The Morgan fingerprint density at radius 1 is 0.708 bits per heavy atom. The maximum absolute atomic E-state index is 13.1. The van der Waals surface area contributed by atoms with Gasteiger partial charge >= 0.3 is 0 Å². The van der Waals surface area contributed by atoms with Crippen LogP contribution in [0.4, 0.5) is 10.1 Å². The second kappa shape index (κ2) is 6.87. The Morgan fingerprint density at radius 2 is 1.33 bits per heavy atom. The van der Waals surface area contributed by atoms with Gasteiger partial charge in [-0.25, -0.2) is 4.39 Å². The molecule has 0 aliphatic rings. The van der Waals surface area contributed by atoms with Gasteiger partial charge < -0.3 is 5.32 Å². The van der Waals surface area contributed by atoms with E-state index in [9.17, 15) is 14.0 Å². The molecule has 118 valence electrons. The number of hydrogen-bond donors (Lipinski definition) is 1. The Bertz CT molecular complexity index is 874. The van der Waals surface area contributed by atoms with Crippen LogP contribution in [0, 0.1) is 5.82 Å². The minimum Gasteiger partial charge on any atom is -0.322 e. The summed E-state index contributed by atoms with van der Waals surface area (Å²) >= 11 is 0. The number of rotatable bonds is 4. The SMILES string of the molecule is O=C(Nc1cccc(F)c1)c1ccc(C(=O)c2ccccc2)cc1. The van der Waals surface area contributed by atoms with E-state index in [0.29, 0.717) is 22.4 Å². The second-order valence-electron chi connectivity index (χ2n) is 5.24. The molecule has 0 aliphatic carbocycles. The summed E-state index contributed by atoms with van der Waals surface area (Å²) in [6, 6.07) is 21.0. The maximum atomic E-state index is 13.1. The van der Waals surface area contributed by atoms with E-state index in [0.717, 1.165) is 0 Å². The molecule has 24 heavy (non-hydrogen) atoms. The van der Waals surface area contributed by atoms with Crippen molar-refractivity contribution in [3.8, 4) is 0 Å². The van der Waals surface area contributed by atoms with Gasteiger partial charge in [0.1, 0.15) is 5.82 Å². The highest BCUT2D eigenvalue weighted by atomic mass is 19.1. The summed E-state index contributed by atoms with van der Waals surface area (Å²) in [7, 11) is 0. The number of ketones is 1. The first kappa shape index (κ1) is 15.6. The molecule has 0 saturated carbocycles. The second-order valence-corrected chi connectivity index (χ2v) is 5.24. The fourth-order valence-electron chi connectivity index (χ4n) is 2.30. The molecule has 4 heteroatoms. The van der Waals surface area contributed by atoms with Gasteiger partial charge in [-0.3, -0.25) is 9.59 Å². The average Bonchev–Trinajstić information content (AvgIpc) is 2.62. The largest absolute Gasteiger partial charge is 0.322 e. The van der Waals surface area contributed by atoms with Crippen LogP contribution in [0.25, 0.3) is 0 Å². The van der Waals surface area contributed by atoms with Gasteiger partial charge in [0, 0.05) is 22.4 Å². The molecule has 0 aromatic heterocycles. The number of benzene rings is 3. The van der Waals surface area contributed by atoms with Crippen molar-refractivity contribution in [1.82, 2.24) is 0 Å². The third kappa shape index (κ3) is 3.55. The number of anilines is 1. The van der Waals surface area contributed by atoms with Crippen LogP contribution >= 0.6 is 0 Å². The summed E-state index contributed by atoms with van der Waals surface area (Å²) < 4.78 is 13.1. The predicted octanol–water partition coefficient (Wildman–Crippen LogP) is 4.31. The van der Waals surface area contributed by atoms with Crippen LogP contribution in [0.15, 0.2) is 78.9 Å². The molecule has 0 aliphatic heterocycles.